The highest BCUT2D eigenvalue weighted by Crippen LogP contribution is 2.19. The molecule has 1 amide bonds. The van der Waals surface area contributed by atoms with Gasteiger partial charge in [-0.2, -0.15) is 0 Å². The van der Waals surface area contributed by atoms with Crippen molar-refractivity contribution in [2.45, 2.75) is 97.3 Å². The Balaban J connectivity index is 3.74. The number of rotatable bonds is 16. The number of hydrogen-bond acceptors (Lipinski definition) is 3. The zero-order chi connectivity index (χ0) is 17.3. The minimum atomic E-state index is 0.147. The third kappa shape index (κ3) is 11.5. The Kier molecular flexibility index (Phi) is 15.8. The molecular weight excluding hydrogens is 286 g/mol. The van der Waals surface area contributed by atoms with Crippen LogP contribution in [-0.4, -0.2) is 25.1 Å². The first-order valence-corrected chi connectivity index (χ1v) is 9.89. The van der Waals surface area contributed by atoms with Gasteiger partial charge in [-0.3, -0.25) is 4.79 Å². The average Bonchev–Trinajstić information content (AvgIpc) is 2.56. The van der Waals surface area contributed by atoms with Crippen molar-refractivity contribution in [3.8, 4) is 0 Å². The molecular formula is C19H41N3O. The predicted molar refractivity (Wildman–Crippen MR) is 99.8 cm³/mol. The van der Waals surface area contributed by atoms with Gasteiger partial charge in [0.1, 0.15) is 0 Å². The summed E-state index contributed by atoms with van der Waals surface area (Å²) in [5.74, 6) is 0.321. The minimum absolute atomic E-state index is 0.147. The summed E-state index contributed by atoms with van der Waals surface area (Å²) in [4.78, 5) is 12.4. The summed E-state index contributed by atoms with van der Waals surface area (Å²) in [5, 5.41) is 1.51. The highest BCUT2D eigenvalue weighted by Gasteiger charge is 2.21. The zero-order valence-corrected chi connectivity index (χ0v) is 16.1. The number of carbonyl (C=O) groups is 1. The summed E-state index contributed by atoms with van der Waals surface area (Å²) in [6.07, 6.45) is 16.5. The van der Waals surface area contributed by atoms with Gasteiger partial charge in [0, 0.05) is 20.0 Å². The molecule has 0 aliphatic carbocycles. The minimum Gasteiger partial charge on any atom is -0.272 e. The van der Waals surface area contributed by atoms with E-state index in [-0.39, 0.29) is 11.8 Å². The maximum Gasteiger partial charge on any atom is 0.254 e. The second-order valence-electron chi connectivity index (χ2n) is 6.58. The van der Waals surface area contributed by atoms with Crippen LogP contribution < -0.4 is 10.9 Å². The Hall–Kier alpha value is -0.610. The van der Waals surface area contributed by atoms with Crippen molar-refractivity contribution >= 4 is 5.91 Å². The molecule has 0 radical (unpaired) electrons. The first-order chi connectivity index (χ1) is 11.2. The molecule has 0 fully saturated rings. The van der Waals surface area contributed by atoms with Gasteiger partial charge in [-0.1, -0.05) is 84.5 Å². The van der Waals surface area contributed by atoms with Crippen LogP contribution in [0.15, 0.2) is 0 Å². The summed E-state index contributed by atoms with van der Waals surface area (Å²) in [6, 6.07) is 0. The van der Waals surface area contributed by atoms with Crippen molar-refractivity contribution in [3.05, 3.63) is 0 Å². The highest BCUT2D eigenvalue weighted by atomic mass is 16.2. The Morgan fingerprint density at radius 1 is 0.739 bits per heavy atom. The smallest absolute Gasteiger partial charge is 0.254 e. The fraction of sp³-hybridized carbons (Fsp3) is 0.947. The second-order valence-corrected chi connectivity index (χ2v) is 6.58. The molecule has 1 unspecified atom stereocenters. The van der Waals surface area contributed by atoms with Crippen molar-refractivity contribution in [1.82, 2.24) is 16.0 Å². The number of hydrogen-bond donors (Lipinski definition) is 2. The van der Waals surface area contributed by atoms with Gasteiger partial charge in [-0.15, -0.1) is 0 Å². The van der Waals surface area contributed by atoms with Gasteiger partial charge in [-0.25, -0.2) is 16.0 Å². The number of nitrogens with zero attached hydrogens (tertiary/aromatic N) is 1. The van der Waals surface area contributed by atoms with Crippen molar-refractivity contribution in [2.75, 3.05) is 14.1 Å². The van der Waals surface area contributed by atoms with E-state index in [1.54, 1.807) is 14.1 Å². The highest BCUT2D eigenvalue weighted by molar-refractivity contribution is 5.77. The van der Waals surface area contributed by atoms with Crippen LogP contribution in [0.5, 0.6) is 0 Å². The Morgan fingerprint density at radius 3 is 1.65 bits per heavy atom. The van der Waals surface area contributed by atoms with E-state index in [2.05, 4.69) is 24.7 Å². The topological polar surface area (TPSA) is 44.4 Å². The molecule has 4 heteroatoms. The van der Waals surface area contributed by atoms with E-state index < -0.39 is 0 Å². The van der Waals surface area contributed by atoms with Crippen LogP contribution in [0.2, 0.25) is 0 Å². The molecule has 0 aromatic carbocycles. The van der Waals surface area contributed by atoms with E-state index in [9.17, 15) is 4.79 Å². The van der Waals surface area contributed by atoms with Gasteiger partial charge in [0.15, 0.2) is 0 Å². The SMILES string of the molecule is CCCCCCCCCCCCC(CCC)C(=O)N(NC)NC. The molecule has 2 N–H and O–H groups in total. The molecule has 0 aromatic rings. The maximum absolute atomic E-state index is 12.4. The Labute approximate surface area is 144 Å². The Bertz CT molecular complexity index is 267. The summed E-state index contributed by atoms with van der Waals surface area (Å²) in [6.45, 7) is 4.42. The van der Waals surface area contributed by atoms with Crippen molar-refractivity contribution in [1.29, 1.82) is 0 Å². The third-order valence-electron chi connectivity index (χ3n) is 4.56. The molecule has 0 saturated carbocycles. The van der Waals surface area contributed by atoms with Crippen LogP contribution in [-0.2, 0) is 4.79 Å². The number of amides is 1. The first-order valence-electron chi connectivity index (χ1n) is 9.89. The molecule has 1 atom stereocenters. The van der Waals surface area contributed by atoms with Gasteiger partial charge in [0.25, 0.3) is 5.91 Å². The third-order valence-corrected chi connectivity index (χ3v) is 4.56. The van der Waals surface area contributed by atoms with E-state index in [4.69, 9.17) is 0 Å². The van der Waals surface area contributed by atoms with Gasteiger partial charge in [-0.05, 0) is 12.8 Å². The van der Waals surface area contributed by atoms with E-state index >= 15 is 0 Å². The summed E-state index contributed by atoms with van der Waals surface area (Å²) >= 11 is 0. The van der Waals surface area contributed by atoms with E-state index in [1.165, 1.54) is 69.3 Å². The van der Waals surface area contributed by atoms with Crippen molar-refractivity contribution in [3.63, 3.8) is 0 Å². The summed E-state index contributed by atoms with van der Waals surface area (Å²) in [5.41, 5.74) is 5.80. The molecule has 4 nitrogen and oxygen atoms in total. The standard InChI is InChI=1S/C19H41N3O/c1-5-7-8-9-10-11-12-13-14-15-17-18(16-6-2)19(23)22(20-3)21-4/h18,20-21H,5-17H2,1-4H3. The van der Waals surface area contributed by atoms with Gasteiger partial charge in [0.2, 0.25) is 0 Å². The monoisotopic (exact) mass is 327 g/mol. The molecule has 138 valence electrons. The first kappa shape index (κ1) is 22.4. The van der Waals surface area contributed by atoms with Crippen LogP contribution in [0.4, 0.5) is 0 Å². The Morgan fingerprint density at radius 2 is 1.22 bits per heavy atom. The average molecular weight is 328 g/mol. The van der Waals surface area contributed by atoms with Crippen molar-refractivity contribution < 1.29 is 4.79 Å². The maximum atomic E-state index is 12.4. The molecule has 0 saturated heterocycles. The largest absolute Gasteiger partial charge is 0.272 e. The quantitative estimate of drug-likeness (QED) is 0.316. The van der Waals surface area contributed by atoms with E-state index in [0.29, 0.717) is 0 Å². The lowest BCUT2D eigenvalue weighted by Gasteiger charge is -2.25. The lowest BCUT2D eigenvalue weighted by molar-refractivity contribution is -0.142. The molecule has 0 rings (SSSR count). The van der Waals surface area contributed by atoms with Gasteiger partial charge in [0.05, 0.1) is 0 Å². The molecule has 0 spiro atoms. The van der Waals surface area contributed by atoms with Gasteiger partial charge >= 0.3 is 0 Å². The predicted octanol–water partition coefficient (Wildman–Crippen LogP) is 4.81. The number of hydrazine groups is 2. The molecule has 0 aliphatic heterocycles. The van der Waals surface area contributed by atoms with E-state index in [0.717, 1.165) is 19.3 Å². The molecule has 0 aliphatic rings. The van der Waals surface area contributed by atoms with Crippen molar-refractivity contribution in [2.24, 2.45) is 5.92 Å². The van der Waals surface area contributed by atoms with Gasteiger partial charge < -0.3 is 0 Å². The molecule has 23 heavy (non-hydrogen) atoms. The lowest BCUT2D eigenvalue weighted by Crippen LogP contribution is -2.51. The number of carbonyl (C=O) groups excluding carboxylic acids is 1. The lowest BCUT2D eigenvalue weighted by atomic mass is 9.95. The van der Waals surface area contributed by atoms with Crippen LogP contribution >= 0.6 is 0 Å². The summed E-state index contributed by atoms with van der Waals surface area (Å²) in [7, 11) is 3.55. The van der Waals surface area contributed by atoms with Crippen LogP contribution in [0, 0.1) is 5.92 Å². The number of unbranched alkanes of at least 4 members (excludes halogenated alkanes) is 9. The number of nitrogens with one attached hydrogen (secondary N) is 2. The fourth-order valence-electron chi connectivity index (χ4n) is 3.13. The van der Waals surface area contributed by atoms with Crippen LogP contribution in [0.3, 0.4) is 0 Å². The summed E-state index contributed by atoms with van der Waals surface area (Å²) < 4.78 is 0. The molecule has 0 bridgehead atoms. The molecule has 0 heterocycles. The fourth-order valence-corrected chi connectivity index (χ4v) is 3.13. The zero-order valence-electron chi connectivity index (χ0n) is 16.1. The van der Waals surface area contributed by atoms with Crippen LogP contribution in [0.1, 0.15) is 97.3 Å². The van der Waals surface area contributed by atoms with E-state index in [1.807, 2.05) is 0 Å². The normalized spacial score (nSPS) is 12.3. The van der Waals surface area contributed by atoms with Crippen LogP contribution in [0.25, 0.3) is 0 Å². The molecule has 0 aromatic heterocycles. The second kappa shape index (κ2) is 16.3.